The van der Waals surface area contributed by atoms with Crippen molar-refractivity contribution in [2.45, 2.75) is 24.8 Å². The maximum Gasteiger partial charge on any atom is 0.410 e. The fourth-order valence-corrected chi connectivity index (χ4v) is 2.15. The number of hydrogen-bond acceptors (Lipinski definition) is 4. The molecule has 1 heterocycles. The quantitative estimate of drug-likeness (QED) is 0.869. The second kappa shape index (κ2) is 6.19. The number of ether oxygens (including phenoxy) is 1. The van der Waals surface area contributed by atoms with E-state index in [0.29, 0.717) is 0 Å². The van der Waals surface area contributed by atoms with Gasteiger partial charge < -0.3 is 20.5 Å². The van der Waals surface area contributed by atoms with Crippen LogP contribution in [-0.2, 0) is 11.3 Å². The molecule has 1 saturated heterocycles. The van der Waals surface area contributed by atoms with Gasteiger partial charge in [-0.2, -0.15) is 0 Å². The van der Waals surface area contributed by atoms with Gasteiger partial charge in [0.25, 0.3) is 0 Å². The van der Waals surface area contributed by atoms with Crippen molar-refractivity contribution in [3.63, 3.8) is 0 Å². The standard InChI is InChI=1S/C14H19FN2O3/c15-12-8-17(7-6-14(12,19)10-16)13(18)20-9-11-4-2-1-3-5-11/h1-5,12,19H,6-10,16H2/t12-,14+/m0/s1. The van der Waals surface area contributed by atoms with Gasteiger partial charge in [-0.3, -0.25) is 0 Å². The van der Waals surface area contributed by atoms with E-state index >= 15 is 0 Å². The third kappa shape index (κ3) is 3.26. The maximum atomic E-state index is 13.8. The first-order chi connectivity index (χ1) is 9.55. The Morgan fingerprint density at radius 1 is 1.50 bits per heavy atom. The molecular formula is C14H19FN2O3. The van der Waals surface area contributed by atoms with Crippen molar-refractivity contribution in [3.8, 4) is 0 Å². The van der Waals surface area contributed by atoms with Crippen LogP contribution in [-0.4, -0.2) is 47.5 Å². The number of carbonyl (C=O) groups is 1. The summed E-state index contributed by atoms with van der Waals surface area (Å²) in [7, 11) is 0. The highest BCUT2D eigenvalue weighted by atomic mass is 19.1. The molecule has 2 rings (SSSR count). The minimum atomic E-state index is -1.55. The van der Waals surface area contributed by atoms with Crippen LogP contribution in [0.15, 0.2) is 30.3 Å². The molecule has 1 aliphatic rings. The predicted molar refractivity (Wildman–Crippen MR) is 71.7 cm³/mol. The van der Waals surface area contributed by atoms with Crippen LogP contribution in [0.3, 0.4) is 0 Å². The van der Waals surface area contributed by atoms with E-state index in [4.69, 9.17) is 10.5 Å². The maximum absolute atomic E-state index is 13.8. The summed E-state index contributed by atoms with van der Waals surface area (Å²) in [5, 5.41) is 9.88. The lowest BCUT2D eigenvalue weighted by Gasteiger charge is -2.39. The SMILES string of the molecule is NC[C@]1(O)CCN(C(=O)OCc2ccccc2)C[C@@H]1F. The second-order valence-electron chi connectivity index (χ2n) is 5.01. The van der Waals surface area contributed by atoms with Crippen molar-refractivity contribution < 1.29 is 19.0 Å². The van der Waals surface area contributed by atoms with Crippen molar-refractivity contribution >= 4 is 6.09 Å². The molecule has 1 aromatic rings. The summed E-state index contributed by atoms with van der Waals surface area (Å²) in [5.41, 5.74) is 4.70. The third-order valence-electron chi connectivity index (χ3n) is 3.60. The molecule has 1 aromatic carbocycles. The van der Waals surface area contributed by atoms with Crippen molar-refractivity contribution in [3.05, 3.63) is 35.9 Å². The van der Waals surface area contributed by atoms with E-state index in [2.05, 4.69) is 0 Å². The molecule has 2 atom stereocenters. The topological polar surface area (TPSA) is 75.8 Å². The number of benzene rings is 1. The Morgan fingerprint density at radius 2 is 2.20 bits per heavy atom. The molecule has 0 saturated carbocycles. The summed E-state index contributed by atoms with van der Waals surface area (Å²) in [6.07, 6.45) is -2.01. The number of likely N-dealkylation sites (tertiary alicyclic amines) is 1. The molecule has 0 aromatic heterocycles. The highest BCUT2D eigenvalue weighted by Crippen LogP contribution is 2.24. The van der Waals surface area contributed by atoms with Crippen molar-refractivity contribution in [1.82, 2.24) is 4.90 Å². The van der Waals surface area contributed by atoms with Crippen molar-refractivity contribution in [2.75, 3.05) is 19.6 Å². The zero-order chi connectivity index (χ0) is 14.6. The number of rotatable bonds is 3. The van der Waals surface area contributed by atoms with Gasteiger partial charge in [-0.15, -0.1) is 0 Å². The van der Waals surface area contributed by atoms with Crippen LogP contribution < -0.4 is 5.73 Å². The summed E-state index contributed by atoms with van der Waals surface area (Å²) in [6, 6.07) is 9.26. The Labute approximate surface area is 117 Å². The van der Waals surface area contributed by atoms with Gasteiger partial charge in [0.1, 0.15) is 18.4 Å². The number of carbonyl (C=O) groups excluding carboxylic acids is 1. The summed E-state index contributed by atoms with van der Waals surface area (Å²) in [4.78, 5) is 13.1. The van der Waals surface area contributed by atoms with Gasteiger partial charge in [-0.1, -0.05) is 30.3 Å². The van der Waals surface area contributed by atoms with Gasteiger partial charge >= 0.3 is 6.09 Å². The summed E-state index contributed by atoms with van der Waals surface area (Å²) >= 11 is 0. The molecule has 0 radical (unpaired) electrons. The number of hydrogen-bond donors (Lipinski definition) is 2. The Kier molecular flexibility index (Phi) is 4.57. The lowest BCUT2D eigenvalue weighted by molar-refractivity contribution is -0.0745. The Balaban J connectivity index is 1.85. The molecule has 1 amide bonds. The van der Waals surface area contributed by atoms with Gasteiger partial charge in [0, 0.05) is 13.1 Å². The first-order valence-corrected chi connectivity index (χ1v) is 6.57. The minimum absolute atomic E-state index is 0.116. The number of aliphatic hydroxyl groups is 1. The number of alkyl halides is 1. The van der Waals surface area contributed by atoms with Gasteiger partial charge in [0.15, 0.2) is 0 Å². The summed E-state index contributed by atoms with van der Waals surface area (Å²) < 4.78 is 19.0. The molecular weight excluding hydrogens is 263 g/mol. The highest BCUT2D eigenvalue weighted by molar-refractivity contribution is 5.67. The van der Waals surface area contributed by atoms with Crippen molar-refractivity contribution in [1.29, 1.82) is 0 Å². The van der Waals surface area contributed by atoms with E-state index in [1.54, 1.807) is 0 Å². The number of halogens is 1. The van der Waals surface area contributed by atoms with Gasteiger partial charge in [-0.05, 0) is 12.0 Å². The average Bonchev–Trinajstić information content (AvgIpc) is 2.48. The van der Waals surface area contributed by atoms with E-state index in [1.165, 1.54) is 4.90 Å². The molecule has 1 aliphatic heterocycles. The predicted octanol–water partition coefficient (Wildman–Crippen LogP) is 1.06. The molecule has 6 heteroatoms. The van der Waals surface area contributed by atoms with Crippen LogP contribution in [0.4, 0.5) is 9.18 Å². The largest absolute Gasteiger partial charge is 0.445 e. The Bertz CT molecular complexity index is 457. The highest BCUT2D eigenvalue weighted by Gasteiger charge is 2.42. The van der Waals surface area contributed by atoms with Crippen LogP contribution in [0.1, 0.15) is 12.0 Å². The lowest BCUT2D eigenvalue weighted by Crippen LogP contribution is -2.58. The van der Waals surface area contributed by atoms with E-state index < -0.39 is 17.9 Å². The molecule has 5 nitrogen and oxygen atoms in total. The summed E-state index contributed by atoms with van der Waals surface area (Å²) in [5.74, 6) is 0. The second-order valence-corrected chi connectivity index (χ2v) is 5.01. The molecule has 110 valence electrons. The Morgan fingerprint density at radius 3 is 2.80 bits per heavy atom. The fraction of sp³-hybridized carbons (Fsp3) is 0.500. The molecule has 0 bridgehead atoms. The van der Waals surface area contributed by atoms with Crippen LogP contribution >= 0.6 is 0 Å². The zero-order valence-corrected chi connectivity index (χ0v) is 11.2. The number of nitrogens with zero attached hydrogens (tertiary/aromatic N) is 1. The van der Waals surface area contributed by atoms with Gasteiger partial charge in [-0.25, -0.2) is 9.18 Å². The van der Waals surface area contributed by atoms with Gasteiger partial charge in [0.2, 0.25) is 0 Å². The van der Waals surface area contributed by atoms with E-state index in [-0.39, 0.29) is 32.7 Å². The van der Waals surface area contributed by atoms with Crippen LogP contribution in [0, 0.1) is 0 Å². The number of amides is 1. The van der Waals surface area contributed by atoms with Crippen LogP contribution in [0.25, 0.3) is 0 Å². The zero-order valence-electron chi connectivity index (χ0n) is 11.2. The van der Waals surface area contributed by atoms with E-state index in [9.17, 15) is 14.3 Å². The minimum Gasteiger partial charge on any atom is -0.445 e. The van der Waals surface area contributed by atoms with Crippen molar-refractivity contribution in [2.24, 2.45) is 5.73 Å². The molecule has 3 N–H and O–H groups in total. The van der Waals surface area contributed by atoms with E-state index in [0.717, 1.165) is 5.56 Å². The van der Waals surface area contributed by atoms with E-state index in [1.807, 2.05) is 30.3 Å². The normalized spacial score (nSPS) is 26.4. The fourth-order valence-electron chi connectivity index (χ4n) is 2.15. The van der Waals surface area contributed by atoms with Crippen LogP contribution in [0.2, 0.25) is 0 Å². The molecule has 0 aliphatic carbocycles. The monoisotopic (exact) mass is 282 g/mol. The number of piperidine rings is 1. The smallest absolute Gasteiger partial charge is 0.410 e. The molecule has 0 unspecified atom stereocenters. The lowest BCUT2D eigenvalue weighted by atomic mass is 9.90. The third-order valence-corrected chi connectivity index (χ3v) is 3.60. The first kappa shape index (κ1) is 14.7. The van der Waals surface area contributed by atoms with Gasteiger partial charge in [0.05, 0.1) is 6.54 Å². The Hall–Kier alpha value is -1.66. The number of nitrogens with two attached hydrogens (primary N) is 1. The molecule has 20 heavy (non-hydrogen) atoms. The molecule has 1 fully saturated rings. The summed E-state index contributed by atoms with van der Waals surface area (Å²) in [6.45, 7) is 0.0401. The molecule has 0 spiro atoms. The first-order valence-electron chi connectivity index (χ1n) is 6.57. The average molecular weight is 282 g/mol. The van der Waals surface area contributed by atoms with Crippen LogP contribution in [0.5, 0.6) is 0 Å².